The van der Waals surface area contributed by atoms with Crippen LogP contribution < -0.4 is 9.47 Å². The van der Waals surface area contributed by atoms with Crippen LogP contribution in [0, 0.1) is 0 Å². The summed E-state index contributed by atoms with van der Waals surface area (Å²) in [6.45, 7) is 0. The van der Waals surface area contributed by atoms with E-state index in [9.17, 15) is 4.79 Å². The number of nitrogens with zero attached hydrogens (tertiary/aromatic N) is 1. The van der Waals surface area contributed by atoms with E-state index in [-0.39, 0.29) is 5.97 Å². The van der Waals surface area contributed by atoms with Crippen LogP contribution in [-0.2, 0) is 0 Å². The van der Waals surface area contributed by atoms with Crippen LogP contribution in [0.25, 0.3) is 0 Å². The van der Waals surface area contributed by atoms with E-state index in [0.29, 0.717) is 11.3 Å². The molecule has 0 aliphatic rings. The van der Waals surface area contributed by atoms with Gasteiger partial charge >= 0.3 is 5.97 Å². The first-order valence-electron chi connectivity index (χ1n) is 7.80. The molecule has 0 N–H and O–H groups in total. The summed E-state index contributed by atoms with van der Waals surface area (Å²) >= 11 is 0. The Bertz CT molecular complexity index is 854. The third-order valence-corrected chi connectivity index (χ3v) is 3.54. The lowest BCUT2D eigenvalue weighted by Crippen LogP contribution is -2.07. The molecule has 0 bridgehead atoms. The van der Waals surface area contributed by atoms with E-state index >= 15 is 0 Å². The van der Waals surface area contributed by atoms with E-state index in [4.69, 9.17) is 9.47 Å². The molecule has 0 saturated heterocycles. The predicted octanol–water partition coefficient (Wildman–Crippen LogP) is 4.67. The molecule has 4 nitrogen and oxygen atoms in total. The van der Waals surface area contributed by atoms with Gasteiger partial charge in [-0.25, -0.2) is 4.79 Å². The minimum absolute atomic E-state index is 0.380. The standard InChI is InChI=1S/C21H17NO3/c1-24-19-11-7-16(8-12-19)15-22-18-9-13-20(14-10-18)25-21(23)17-5-3-2-4-6-17/h2-15H,1H3. The summed E-state index contributed by atoms with van der Waals surface area (Å²) in [5.74, 6) is 0.911. The van der Waals surface area contributed by atoms with Crippen molar-refractivity contribution < 1.29 is 14.3 Å². The van der Waals surface area contributed by atoms with Crippen molar-refractivity contribution in [3.05, 3.63) is 90.0 Å². The predicted molar refractivity (Wildman–Crippen MR) is 98.1 cm³/mol. The average molecular weight is 331 g/mol. The summed E-state index contributed by atoms with van der Waals surface area (Å²) in [4.78, 5) is 16.4. The molecule has 0 spiro atoms. The Labute approximate surface area is 146 Å². The van der Waals surface area contributed by atoms with Gasteiger partial charge in [0.15, 0.2) is 0 Å². The first kappa shape index (κ1) is 16.5. The number of hydrogen-bond donors (Lipinski definition) is 0. The third kappa shape index (κ3) is 4.54. The summed E-state index contributed by atoms with van der Waals surface area (Å²) in [6.07, 6.45) is 1.77. The van der Waals surface area contributed by atoms with Gasteiger partial charge in [0.25, 0.3) is 0 Å². The van der Waals surface area contributed by atoms with Gasteiger partial charge in [0.05, 0.1) is 18.4 Å². The van der Waals surface area contributed by atoms with Gasteiger partial charge in [-0.2, -0.15) is 0 Å². The minimum Gasteiger partial charge on any atom is -0.497 e. The van der Waals surface area contributed by atoms with Gasteiger partial charge in [0, 0.05) is 6.21 Å². The van der Waals surface area contributed by atoms with Gasteiger partial charge in [-0.15, -0.1) is 0 Å². The van der Waals surface area contributed by atoms with Crippen LogP contribution in [0.4, 0.5) is 5.69 Å². The molecule has 3 rings (SSSR count). The molecule has 0 heterocycles. The number of hydrogen-bond acceptors (Lipinski definition) is 4. The van der Waals surface area contributed by atoms with E-state index in [1.807, 2.05) is 30.3 Å². The molecule has 3 aromatic rings. The lowest BCUT2D eigenvalue weighted by atomic mass is 10.2. The molecule has 4 heteroatoms. The van der Waals surface area contributed by atoms with E-state index in [1.54, 1.807) is 61.9 Å². The van der Waals surface area contributed by atoms with Gasteiger partial charge in [0.1, 0.15) is 11.5 Å². The molecule has 0 atom stereocenters. The normalized spacial score (nSPS) is 10.6. The second-order valence-corrected chi connectivity index (χ2v) is 5.28. The molecule has 0 amide bonds. The van der Waals surface area contributed by atoms with Crippen molar-refractivity contribution >= 4 is 17.9 Å². The molecule has 0 fully saturated rings. The van der Waals surface area contributed by atoms with Crippen LogP contribution in [0.1, 0.15) is 15.9 Å². The zero-order valence-electron chi connectivity index (χ0n) is 13.8. The van der Waals surface area contributed by atoms with Crippen molar-refractivity contribution in [2.24, 2.45) is 4.99 Å². The fourth-order valence-corrected chi connectivity index (χ4v) is 2.18. The molecule has 0 aliphatic heterocycles. The first-order chi connectivity index (χ1) is 12.2. The van der Waals surface area contributed by atoms with E-state index in [1.165, 1.54) is 0 Å². The van der Waals surface area contributed by atoms with Gasteiger partial charge < -0.3 is 9.47 Å². The van der Waals surface area contributed by atoms with Gasteiger partial charge in [-0.3, -0.25) is 4.99 Å². The number of carbonyl (C=O) groups is 1. The lowest BCUT2D eigenvalue weighted by molar-refractivity contribution is 0.0735. The second kappa shape index (κ2) is 7.93. The van der Waals surface area contributed by atoms with Crippen molar-refractivity contribution in [2.45, 2.75) is 0 Å². The second-order valence-electron chi connectivity index (χ2n) is 5.28. The fraction of sp³-hybridized carbons (Fsp3) is 0.0476. The Morgan fingerprint density at radius 2 is 1.48 bits per heavy atom. The first-order valence-corrected chi connectivity index (χ1v) is 7.80. The highest BCUT2D eigenvalue weighted by Gasteiger charge is 2.07. The van der Waals surface area contributed by atoms with Gasteiger partial charge in [-0.05, 0) is 66.2 Å². The van der Waals surface area contributed by atoms with Crippen LogP contribution >= 0.6 is 0 Å². The van der Waals surface area contributed by atoms with Gasteiger partial charge in [0.2, 0.25) is 0 Å². The fourth-order valence-electron chi connectivity index (χ4n) is 2.18. The molecule has 0 saturated carbocycles. The maximum absolute atomic E-state index is 12.0. The lowest BCUT2D eigenvalue weighted by Gasteiger charge is -2.04. The molecule has 3 aromatic carbocycles. The largest absolute Gasteiger partial charge is 0.497 e. The molecular formula is C21H17NO3. The summed E-state index contributed by atoms with van der Waals surface area (Å²) in [6, 6.07) is 23.6. The summed E-state index contributed by atoms with van der Waals surface area (Å²) < 4.78 is 10.5. The zero-order chi connectivity index (χ0) is 17.5. The maximum atomic E-state index is 12.0. The molecule has 0 aliphatic carbocycles. The molecule has 25 heavy (non-hydrogen) atoms. The number of benzene rings is 3. The van der Waals surface area contributed by atoms with Crippen molar-refractivity contribution in [1.29, 1.82) is 0 Å². The van der Waals surface area contributed by atoms with Crippen molar-refractivity contribution in [2.75, 3.05) is 7.11 Å². The Balaban J connectivity index is 1.63. The summed E-state index contributed by atoms with van der Waals surface area (Å²) in [5, 5.41) is 0. The molecule has 0 unspecified atom stereocenters. The number of methoxy groups -OCH3 is 1. The van der Waals surface area contributed by atoms with E-state index in [0.717, 1.165) is 17.0 Å². The number of aliphatic imine (C=N–C) groups is 1. The molecular weight excluding hydrogens is 314 g/mol. The maximum Gasteiger partial charge on any atom is 0.343 e. The third-order valence-electron chi connectivity index (χ3n) is 3.54. The van der Waals surface area contributed by atoms with Crippen molar-refractivity contribution in [3.8, 4) is 11.5 Å². The van der Waals surface area contributed by atoms with E-state index in [2.05, 4.69) is 4.99 Å². The summed E-state index contributed by atoms with van der Waals surface area (Å²) in [7, 11) is 1.63. The number of carbonyl (C=O) groups excluding carboxylic acids is 1. The summed E-state index contributed by atoms with van der Waals surface area (Å²) in [5.41, 5.74) is 2.26. The highest BCUT2D eigenvalue weighted by molar-refractivity contribution is 5.91. The molecule has 124 valence electrons. The van der Waals surface area contributed by atoms with Crippen LogP contribution in [0.5, 0.6) is 11.5 Å². The zero-order valence-corrected chi connectivity index (χ0v) is 13.8. The molecule has 0 aromatic heterocycles. The van der Waals surface area contributed by atoms with Crippen LogP contribution in [0.3, 0.4) is 0 Å². The van der Waals surface area contributed by atoms with Gasteiger partial charge in [-0.1, -0.05) is 18.2 Å². The number of esters is 1. The Morgan fingerprint density at radius 3 is 2.12 bits per heavy atom. The van der Waals surface area contributed by atoms with E-state index < -0.39 is 0 Å². The Hall–Kier alpha value is -3.40. The van der Waals surface area contributed by atoms with Crippen molar-refractivity contribution in [1.82, 2.24) is 0 Å². The monoisotopic (exact) mass is 331 g/mol. The SMILES string of the molecule is COc1ccc(C=Nc2ccc(OC(=O)c3ccccc3)cc2)cc1. The minimum atomic E-state index is -0.380. The Kier molecular flexibility index (Phi) is 5.22. The topological polar surface area (TPSA) is 47.9 Å². The smallest absolute Gasteiger partial charge is 0.343 e. The average Bonchev–Trinajstić information content (AvgIpc) is 2.68. The number of rotatable bonds is 5. The highest BCUT2D eigenvalue weighted by atomic mass is 16.5. The van der Waals surface area contributed by atoms with Crippen LogP contribution in [-0.4, -0.2) is 19.3 Å². The Morgan fingerprint density at radius 1 is 0.840 bits per heavy atom. The quantitative estimate of drug-likeness (QED) is 0.388. The van der Waals surface area contributed by atoms with Crippen molar-refractivity contribution in [3.63, 3.8) is 0 Å². The number of ether oxygens (including phenoxy) is 2. The molecule has 0 radical (unpaired) electrons. The van der Waals surface area contributed by atoms with Crippen LogP contribution in [0.2, 0.25) is 0 Å². The van der Waals surface area contributed by atoms with Crippen LogP contribution in [0.15, 0.2) is 83.9 Å². The highest BCUT2D eigenvalue weighted by Crippen LogP contribution is 2.19.